The Morgan fingerprint density at radius 2 is 1.56 bits per heavy atom. The largest absolute Gasteiger partial charge is 0.468 e. The molecule has 0 bridgehead atoms. The number of aromatic amines is 1. The van der Waals surface area contributed by atoms with Crippen molar-refractivity contribution in [3.05, 3.63) is 71.9 Å². The molecule has 1 atom stereocenters. The Morgan fingerprint density at radius 1 is 0.951 bits per heavy atom. The number of carbonyl (C=O) groups excluding carboxylic acids is 3. The topological polar surface area (TPSA) is 91.5 Å². The summed E-state index contributed by atoms with van der Waals surface area (Å²) < 4.78 is 4.68. The second-order valence-electron chi connectivity index (χ2n) is 8.26. The van der Waals surface area contributed by atoms with E-state index in [0.29, 0.717) is 25.8 Å². The molecule has 230 valence electrons. The van der Waals surface area contributed by atoms with Gasteiger partial charge in [0.2, 0.25) is 12.3 Å². The number of methoxy groups -OCH3 is 1. The number of hydrogen-bond donors (Lipinski definition) is 2. The van der Waals surface area contributed by atoms with Crippen LogP contribution in [-0.4, -0.2) is 54.4 Å². The van der Waals surface area contributed by atoms with Gasteiger partial charge >= 0.3 is 5.97 Å². The highest BCUT2D eigenvalue weighted by Gasteiger charge is 2.25. The van der Waals surface area contributed by atoms with E-state index in [1.54, 1.807) is 0 Å². The van der Waals surface area contributed by atoms with Crippen LogP contribution in [0.1, 0.15) is 85.8 Å². The number of ether oxygens (including phenoxy) is 1. The van der Waals surface area contributed by atoms with Crippen LogP contribution in [0.5, 0.6) is 0 Å². The van der Waals surface area contributed by atoms with Gasteiger partial charge in [0.05, 0.1) is 7.11 Å². The standard InChI is InChI=1S/C18H26N2O4.C10H11N.3C2H6/c1-3-4-10-16(19-14-21)18(23)20(13-17(22)24-2)12-11-15-8-6-5-7-9-15;1-2-8-7-11-10-6-4-3-5-9(8)10;3*1-2/h5-9,14,16H,3-4,10-13H2,1-2H3,(H,19,21);3-7,11H,2H2,1H3;3*1-2H3. The number of para-hydroxylation sites is 1. The van der Waals surface area contributed by atoms with Gasteiger partial charge in [0, 0.05) is 23.6 Å². The molecule has 1 aromatic heterocycles. The zero-order chi connectivity index (χ0) is 31.5. The highest BCUT2D eigenvalue weighted by atomic mass is 16.5. The molecule has 0 fully saturated rings. The van der Waals surface area contributed by atoms with Crippen LogP contribution in [0.15, 0.2) is 60.8 Å². The minimum absolute atomic E-state index is 0.120. The zero-order valence-electron chi connectivity index (χ0n) is 27.0. The highest BCUT2D eigenvalue weighted by molar-refractivity contribution is 5.87. The lowest BCUT2D eigenvalue weighted by atomic mass is 10.1. The first-order valence-corrected chi connectivity index (χ1v) is 15.2. The minimum atomic E-state index is -0.608. The number of esters is 1. The van der Waals surface area contributed by atoms with E-state index in [2.05, 4.69) is 52.4 Å². The molecule has 0 aliphatic heterocycles. The molecular weight excluding hydrogens is 514 g/mol. The molecule has 41 heavy (non-hydrogen) atoms. The fourth-order valence-electron chi connectivity index (χ4n) is 3.81. The summed E-state index contributed by atoms with van der Waals surface area (Å²) in [5.41, 5.74) is 3.72. The Hall–Kier alpha value is -3.61. The van der Waals surface area contributed by atoms with E-state index in [4.69, 9.17) is 0 Å². The normalized spacial score (nSPS) is 9.98. The van der Waals surface area contributed by atoms with Crippen LogP contribution in [0.25, 0.3) is 10.9 Å². The Kier molecular flexibility index (Phi) is 25.7. The smallest absolute Gasteiger partial charge is 0.325 e. The van der Waals surface area contributed by atoms with Gasteiger partial charge < -0.3 is 19.9 Å². The van der Waals surface area contributed by atoms with Crippen molar-refractivity contribution in [3.63, 3.8) is 0 Å². The number of H-pyrrole nitrogens is 1. The number of aryl methyl sites for hydroxylation is 1. The average Bonchev–Trinajstić information content (AvgIpc) is 3.48. The molecule has 0 saturated carbocycles. The predicted octanol–water partition coefficient (Wildman–Crippen LogP) is 7.34. The van der Waals surface area contributed by atoms with Crippen molar-refractivity contribution in [2.45, 2.75) is 93.5 Å². The fourth-order valence-corrected chi connectivity index (χ4v) is 3.81. The lowest BCUT2D eigenvalue weighted by molar-refractivity contribution is -0.147. The van der Waals surface area contributed by atoms with E-state index in [0.717, 1.165) is 24.8 Å². The molecule has 7 heteroatoms. The Labute approximate surface area is 249 Å². The van der Waals surface area contributed by atoms with Crippen LogP contribution in [0.2, 0.25) is 0 Å². The second-order valence-corrected chi connectivity index (χ2v) is 8.26. The lowest BCUT2D eigenvalue weighted by Crippen LogP contribution is -2.48. The summed E-state index contributed by atoms with van der Waals surface area (Å²) in [5.74, 6) is -0.728. The molecule has 0 radical (unpaired) electrons. The Bertz CT molecular complexity index is 1050. The molecule has 2 aromatic carbocycles. The molecule has 2 N–H and O–H groups in total. The van der Waals surface area contributed by atoms with Crippen molar-refractivity contribution in [3.8, 4) is 0 Å². The molecule has 1 heterocycles. The molecule has 2 amide bonds. The van der Waals surface area contributed by atoms with Crippen molar-refractivity contribution in [1.29, 1.82) is 0 Å². The van der Waals surface area contributed by atoms with Crippen molar-refractivity contribution in [1.82, 2.24) is 15.2 Å². The summed E-state index contributed by atoms with van der Waals surface area (Å²) >= 11 is 0. The molecule has 0 aliphatic carbocycles. The maximum Gasteiger partial charge on any atom is 0.325 e. The second kappa shape index (κ2) is 26.6. The number of unbranched alkanes of at least 4 members (excludes halogenated alkanes) is 1. The van der Waals surface area contributed by atoms with Crippen molar-refractivity contribution < 1.29 is 19.1 Å². The zero-order valence-corrected chi connectivity index (χ0v) is 27.0. The van der Waals surface area contributed by atoms with Gasteiger partial charge in [-0.05, 0) is 36.5 Å². The van der Waals surface area contributed by atoms with Crippen LogP contribution in [0.4, 0.5) is 0 Å². The average molecular weight is 570 g/mol. The maximum absolute atomic E-state index is 12.7. The van der Waals surface area contributed by atoms with Crippen molar-refractivity contribution in [2.24, 2.45) is 0 Å². The molecule has 7 nitrogen and oxygen atoms in total. The van der Waals surface area contributed by atoms with Crippen molar-refractivity contribution >= 4 is 29.2 Å². The monoisotopic (exact) mass is 569 g/mol. The maximum atomic E-state index is 12.7. The molecule has 0 aliphatic rings. The summed E-state index contributed by atoms with van der Waals surface area (Å²) in [6.07, 6.45) is 6.65. The number of hydrogen-bond acceptors (Lipinski definition) is 4. The van der Waals surface area contributed by atoms with E-state index in [-0.39, 0.29) is 12.5 Å². The Morgan fingerprint density at radius 3 is 2.12 bits per heavy atom. The third kappa shape index (κ3) is 15.7. The minimum Gasteiger partial charge on any atom is -0.468 e. The van der Waals surface area contributed by atoms with Gasteiger partial charge in [0.1, 0.15) is 12.6 Å². The summed E-state index contributed by atoms with van der Waals surface area (Å²) in [7, 11) is 1.29. The number of benzene rings is 2. The quantitative estimate of drug-likeness (QED) is 0.176. The predicted molar refractivity (Wildman–Crippen MR) is 173 cm³/mol. The van der Waals surface area contributed by atoms with Crippen LogP contribution in [0, 0.1) is 0 Å². The van der Waals surface area contributed by atoms with Crippen molar-refractivity contribution in [2.75, 3.05) is 20.2 Å². The summed E-state index contributed by atoms with van der Waals surface area (Å²) in [4.78, 5) is 39.8. The van der Waals surface area contributed by atoms with Gasteiger partial charge in [-0.25, -0.2) is 0 Å². The van der Waals surface area contributed by atoms with Gasteiger partial charge in [-0.1, -0.05) is 117 Å². The molecule has 0 saturated heterocycles. The third-order valence-corrected chi connectivity index (χ3v) is 5.84. The fraction of sp³-hybridized carbons (Fsp3) is 0.500. The number of aromatic nitrogens is 1. The van der Waals surface area contributed by atoms with Gasteiger partial charge in [0.15, 0.2) is 0 Å². The highest BCUT2D eigenvalue weighted by Crippen LogP contribution is 2.17. The van der Waals surface area contributed by atoms with Crippen LogP contribution >= 0.6 is 0 Å². The molecule has 1 unspecified atom stereocenters. The summed E-state index contributed by atoms with van der Waals surface area (Å²) in [6, 6.07) is 17.5. The van der Waals surface area contributed by atoms with Gasteiger partial charge in [-0.15, -0.1) is 0 Å². The molecule has 0 spiro atoms. The summed E-state index contributed by atoms with van der Waals surface area (Å²) in [5, 5.41) is 3.92. The molecule has 3 rings (SSSR count). The number of rotatable bonds is 12. The van der Waals surface area contributed by atoms with Crippen LogP contribution in [-0.2, 0) is 32.0 Å². The Balaban J connectivity index is 0. The van der Waals surface area contributed by atoms with E-state index in [1.165, 1.54) is 28.5 Å². The number of nitrogens with zero attached hydrogens (tertiary/aromatic N) is 1. The van der Waals surface area contributed by atoms with E-state index < -0.39 is 12.0 Å². The number of carbonyl (C=O) groups is 3. The third-order valence-electron chi connectivity index (χ3n) is 5.84. The van der Waals surface area contributed by atoms with Gasteiger partial charge in [-0.2, -0.15) is 0 Å². The number of amides is 2. The number of nitrogens with one attached hydrogen (secondary N) is 2. The SMILES string of the molecule is CC.CC.CC.CCCCC(NC=O)C(=O)N(CCc1ccccc1)CC(=O)OC.CCc1c[nH]c2ccccc12. The van der Waals surface area contributed by atoms with Gasteiger partial charge in [0.25, 0.3) is 0 Å². The van der Waals surface area contributed by atoms with Crippen LogP contribution < -0.4 is 5.32 Å². The van der Waals surface area contributed by atoms with Gasteiger partial charge in [-0.3, -0.25) is 14.4 Å². The lowest BCUT2D eigenvalue weighted by Gasteiger charge is -2.26. The van der Waals surface area contributed by atoms with E-state index in [9.17, 15) is 14.4 Å². The first-order chi connectivity index (χ1) is 20.0. The van der Waals surface area contributed by atoms with E-state index >= 15 is 0 Å². The first-order valence-electron chi connectivity index (χ1n) is 15.2. The first kappa shape index (κ1) is 39.5. The van der Waals surface area contributed by atoms with Crippen LogP contribution in [0.3, 0.4) is 0 Å². The number of fused-ring (bicyclic) bond motifs is 1. The summed E-state index contributed by atoms with van der Waals surface area (Å²) in [6.45, 7) is 16.5. The van der Waals surface area contributed by atoms with E-state index in [1.807, 2.05) is 78.8 Å². The molecular formula is C34H55N3O4. The molecule has 3 aromatic rings.